The number of rotatable bonds is 3. The van der Waals surface area contributed by atoms with Crippen LogP contribution in [0.2, 0.25) is 0 Å². The molecule has 0 radical (unpaired) electrons. The van der Waals surface area contributed by atoms with Crippen molar-refractivity contribution in [3.05, 3.63) is 45.7 Å². The average molecular weight is 284 g/mol. The molecule has 21 heavy (non-hydrogen) atoms. The molecule has 2 N–H and O–H groups in total. The van der Waals surface area contributed by atoms with Crippen molar-refractivity contribution in [2.45, 2.75) is 52.1 Å². The van der Waals surface area contributed by atoms with Crippen LogP contribution in [0.15, 0.2) is 29.1 Å². The van der Waals surface area contributed by atoms with Crippen LogP contribution in [0, 0.1) is 12.8 Å². The maximum absolute atomic E-state index is 12.2. The van der Waals surface area contributed by atoms with Gasteiger partial charge in [-0.3, -0.25) is 4.79 Å². The third kappa shape index (κ3) is 3.18. The summed E-state index contributed by atoms with van der Waals surface area (Å²) in [7, 11) is 0. The highest BCUT2D eigenvalue weighted by Gasteiger charge is 2.20. The van der Waals surface area contributed by atoms with E-state index in [0.29, 0.717) is 18.5 Å². The van der Waals surface area contributed by atoms with E-state index in [1.54, 1.807) is 0 Å². The molecule has 1 aliphatic rings. The molecule has 3 nitrogen and oxygen atoms in total. The van der Waals surface area contributed by atoms with Crippen LogP contribution in [0.3, 0.4) is 0 Å². The van der Waals surface area contributed by atoms with Gasteiger partial charge in [-0.05, 0) is 48.8 Å². The Balaban J connectivity index is 1.79. The number of pyridine rings is 1. The van der Waals surface area contributed by atoms with Gasteiger partial charge in [-0.15, -0.1) is 0 Å². The molecule has 2 atom stereocenters. The Labute approximate surface area is 125 Å². The molecule has 1 aromatic heterocycles. The number of H-pyrrole nitrogens is 1. The second-order valence-corrected chi connectivity index (χ2v) is 6.46. The van der Waals surface area contributed by atoms with Gasteiger partial charge in [0.1, 0.15) is 0 Å². The Bertz CT molecular complexity index is 689. The fraction of sp³-hybridized carbons (Fsp3) is 0.500. The first-order valence-electron chi connectivity index (χ1n) is 7.99. The van der Waals surface area contributed by atoms with E-state index in [4.69, 9.17) is 0 Å². The summed E-state index contributed by atoms with van der Waals surface area (Å²) in [5.74, 6) is 0.709. The van der Waals surface area contributed by atoms with Gasteiger partial charge in [0.15, 0.2) is 0 Å². The summed E-state index contributed by atoms with van der Waals surface area (Å²) in [5.41, 5.74) is 2.96. The fourth-order valence-electron chi connectivity index (χ4n) is 3.35. The number of nitrogens with one attached hydrogen (secondary N) is 2. The molecule has 2 aromatic rings. The molecule has 1 saturated carbocycles. The van der Waals surface area contributed by atoms with E-state index < -0.39 is 0 Å². The molecule has 112 valence electrons. The summed E-state index contributed by atoms with van der Waals surface area (Å²) in [4.78, 5) is 15.2. The lowest BCUT2D eigenvalue weighted by Gasteiger charge is -2.29. The summed E-state index contributed by atoms with van der Waals surface area (Å²) in [6.45, 7) is 5.01. The minimum Gasteiger partial charge on any atom is -0.322 e. The first kappa shape index (κ1) is 14.3. The lowest BCUT2D eigenvalue weighted by atomic mass is 9.86. The Kier molecular flexibility index (Phi) is 4.11. The molecule has 3 heteroatoms. The summed E-state index contributed by atoms with van der Waals surface area (Å²) < 4.78 is 0. The minimum absolute atomic E-state index is 0.0315. The van der Waals surface area contributed by atoms with Gasteiger partial charge in [0.2, 0.25) is 0 Å². The van der Waals surface area contributed by atoms with Crippen molar-refractivity contribution in [1.29, 1.82) is 0 Å². The van der Waals surface area contributed by atoms with E-state index in [2.05, 4.69) is 29.4 Å². The van der Waals surface area contributed by atoms with Gasteiger partial charge in [0, 0.05) is 23.7 Å². The smallest absolute Gasteiger partial charge is 0.252 e. The number of aromatic amines is 1. The van der Waals surface area contributed by atoms with Gasteiger partial charge >= 0.3 is 0 Å². The van der Waals surface area contributed by atoms with E-state index in [1.807, 2.05) is 19.1 Å². The van der Waals surface area contributed by atoms with Crippen LogP contribution in [0.4, 0.5) is 0 Å². The van der Waals surface area contributed by atoms with Crippen molar-refractivity contribution in [2.24, 2.45) is 5.92 Å². The number of hydrogen-bond acceptors (Lipinski definition) is 2. The summed E-state index contributed by atoms with van der Waals surface area (Å²) in [6.07, 6.45) is 5.17. The van der Waals surface area contributed by atoms with Crippen LogP contribution < -0.4 is 10.9 Å². The Morgan fingerprint density at radius 3 is 2.86 bits per heavy atom. The van der Waals surface area contributed by atoms with Crippen molar-refractivity contribution >= 4 is 10.9 Å². The zero-order valence-electron chi connectivity index (χ0n) is 12.9. The normalized spacial score (nSPS) is 22.6. The lowest BCUT2D eigenvalue weighted by molar-refractivity contribution is 0.279. The molecule has 1 aliphatic carbocycles. The lowest BCUT2D eigenvalue weighted by Crippen LogP contribution is -2.37. The molecule has 0 unspecified atom stereocenters. The van der Waals surface area contributed by atoms with Crippen molar-refractivity contribution in [2.75, 3.05) is 0 Å². The fourth-order valence-corrected chi connectivity index (χ4v) is 3.35. The highest BCUT2D eigenvalue weighted by atomic mass is 16.1. The van der Waals surface area contributed by atoms with Crippen LogP contribution in [0.25, 0.3) is 10.9 Å². The Morgan fingerprint density at radius 2 is 2.05 bits per heavy atom. The van der Waals surface area contributed by atoms with E-state index >= 15 is 0 Å². The number of aromatic nitrogens is 1. The molecule has 0 bridgehead atoms. The quantitative estimate of drug-likeness (QED) is 0.906. The van der Waals surface area contributed by atoms with Gasteiger partial charge in [-0.25, -0.2) is 0 Å². The zero-order valence-corrected chi connectivity index (χ0v) is 12.9. The van der Waals surface area contributed by atoms with E-state index in [0.717, 1.165) is 16.5 Å². The van der Waals surface area contributed by atoms with Gasteiger partial charge in [0.05, 0.1) is 0 Å². The maximum Gasteiger partial charge on any atom is 0.252 e. The standard InChI is InChI=1S/C18H24N2O/c1-12-7-8-14-10-15(18(21)20-17(14)9-12)11-19-16-6-4-3-5-13(16)2/h7-10,13,16,19H,3-6,11H2,1-2H3,(H,20,21)/t13-,16-/m1/s1. The molecule has 0 aliphatic heterocycles. The third-order valence-corrected chi connectivity index (χ3v) is 4.74. The second kappa shape index (κ2) is 6.02. The molecule has 0 saturated heterocycles. The second-order valence-electron chi connectivity index (χ2n) is 6.46. The van der Waals surface area contributed by atoms with Crippen LogP contribution in [0.5, 0.6) is 0 Å². The Morgan fingerprint density at radius 1 is 1.24 bits per heavy atom. The largest absolute Gasteiger partial charge is 0.322 e. The molecular weight excluding hydrogens is 260 g/mol. The van der Waals surface area contributed by atoms with Crippen molar-refractivity contribution in [1.82, 2.24) is 10.3 Å². The van der Waals surface area contributed by atoms with Gasteiger partial charge in [-0.2, -0.15) is 0 Å². The zero-order chi connectivity index (χ0) is 14.8. The van der Waals surface area contributed by atoms with E-state index in [-0.39, 0.29) is 5.56 Å². The monoisotopic (exact) mass is 284 g/mol. The topological polar surface area (TPSA) is 44.9 Å². The first-order chi connectivity index (χ1) is 10.1. The minimum atomic E-state index is 0.0315. The molecular formula is C18H24N2O. The SMILES string of the molecule is Cc1ccc2cc(CN[C@@H]3CCCC[C@H]3C)c(=O)[nH]c2c1. The van der Waals surface area contributed by atoms with E-state index in [9.17, 15) is 4.79 Å². The highest BCUT2D eigenvalue weighted by molar-refractivity contribution is 5.79. The number of benzene rings is 1. The third-order valence-electron chi connectivity index (χ3n) is 4.74. The van der Waals surface area contributed by atoms with E-state index in [1.165, 1.54) is 31.2 Å². The average Bonchev–Trinajstić information content (AvgIpc) is 2.46. The van der Waals surface area contributed by atoms with Crippen LogP contribution >= 0.6 is 0 Å². The van der Waals surface area contributed by atoms with Crippen LogP contribution in [-0.4, -0.2) is 11.0 Å². The number of aryl methyl sites for hydroxylation is 1. The summed E-state index contributed by atoms with van der Waals surface area (Å²) in [6, 6.07) is 8.76. The maximum atomic E-state index is 12.2. The highest BCUT2D eigenvalue weighted by Crippen LogP contribution is 2.24. The molecule has 1 heterocycles. The summed E-state index contributed by atoms with van der Waals surface area (Å²) in [5, 5.41) is 4.69. The molecule has 0 amide bonds. The Hall–Kier alpha value is -1.61. The number of hydrogen-bond donors (Lipinski definition) is 2. The summed E-state index contributed by atoms with van der Waals surface area (Å²) >= 11 is 0. The predicted molar refractivity (Wildman–Crippen MR) is 87.6 cm³/mol. The van der Waals surface area contributed by atoms with Crippen molar-refractivity contribution < 1.29 is 0 Å². The molecule has 3 rings (SSSR count). The van der Waals surface area contributed by atoms with Crippen molar-refractivity contribution in [3.8, 4) is 0 Å². The van der Waals surface area contributed by atoms with Crippen molar-refractivity contribution in [3.63, 3.8) is 0 Å². The van der Waals surface area contributed by atoms with Gasteiger partial charge < -0.3 is 10.3 Å². The van der Waals surface area contributed by atoms with Gasteiger partial charge in [-0.1, -0.05) is 31.9 Å². The predicted octanol–water partition coefficient (Wildman–Crippen LogP) is 3.50. The van der Waals surface area contributed by atoms with Crippen LogP contribution in [-0.2, 0) is 6.54 Å². The molecule has 1 fully saturated rings. The number of fused-ring (bicyclic) bond motifs is 1. The first-order valence-corrected chi connectivity index (χ1v) is 7.99. The molecule has 0 spiro atoms. The molecule has 1 aromatic carbocycles. The van der Waals surface area contributed by atoms with Crippen LogP contribution in [0.1, 0.15) is 43.7 Å². The van der Waals surface area contributed by atoms with Gasteiger partial charge in [0.25, 0.3) is 5.56 Å².